The first-order valence-corrected chi connectivity index (χ1v) is 9.96. The number of halogens is 1. The fourth-order valence-corrected chi connectivity index (χ4v) is 4.66. The summed E-state index contributed by atoms with van der Waals surface area (Å²) in [5.74, 6) is 0.750. The molecule has 6 nitrogen and oxygen atoms in total. The molecule has 4 rings (SSSR count). The standard InChI is InChI=1S/C21H23ClN4O2/c1-13-24-18-15(22)11-14-12-16(20(27)26(2)10-6-9-23)28-19(14)17(18)21(25-13)7-4-3-5-8-21/h11-12,24-25H,1,3-8,10H2,2H3. The summed E-state index contributed by atoms with van der Waals surface area (Å²) in [5.41, 5.74) is 2.20. The molecule has 1 spiro atoms. The maximum absolute atomic E-state index is 12.7. The van der Waals surface area contributed by atoms with E-state index in [-0.39, 0.29) is 23.6 Å². The molecule has 2 N–H and O–H groups in total. The summed E-state index contributed by atoms with van der Waals surface area (Å²) in [4.78, 5) is 14.2. The lowest BCUT2D eigenvalue weighted by Gasteiger charge is -2.44. The Morgan fingerprint density at radius 1 is 1.39 bits per heavy atom. The van der Waals surface area contributed by atoms with Crippen LogP contribution in [0.3, 0.4) is 0 Å². The van der Waals surface area contributed by atoms with E-state index in [1.165, 1.54) is 11.3 Å². The summed E-state index contributed by atoms with van der Waals surface area (Å²) in [6.07, 6.45) is 5.62. The van der Waals surface area contributed by atoms with Crippen molar-refractivity contribution in [3.63, 3.8) is 0 Å². The van der Waals surface area contributed by atoms with Gasteiger partial charge in [0.15, 0.2) is 5.76 Å². The zero-order valence-corrected chi connectivity index (χ0v) is 16.7. The molecule has 1 fully saturated rings. The average Bonchev–Trinajstić information content (AvgIpc) is 3.09. The highest BCUT2D eigenvalue weighted by molar-refractivity contribution is 6.34. The number of nitrogens with zero attached hydrogens (tertiary/aromatic N) is 2. The molecule has 7 heteroatoms. The van der Waals surface area contributed by atoms with E-state index in [4.69, 9.17) is 21.3 Å². The lowest BCUT2D eigenvalue weighted by Crippen LogP contribution is -2.48. The number of carbonyl (C=O) groups excluding carboxylic acids is 1. The Hall–Kier alpha value is -2.65. The summed E-state index contributed by atoms with van der Waals surface area (Å²) < 4.78 is 6.10. The first kappa shape index (κ1) is 18.7. The molecule has 0 atom stereocenters. The first-order chi connectivity index (χ1) is 13.4. The van der Waals surface area contributed by atoms with Crippen molar-refractivity contribution in [2.75, 3.05) is 18.9 Å². The lowest BCUT2D eigenvalue weighted by molar-refractivity contribution is 0.0768. The van der Waals surface area contributed by atoms with Gasteiger partial charge in [-0.05, 0) is 25.0 Å². The summed E-state index contributed by atoms with van der Waals surface area (Å²) in [6, 6.07) is 5.63. The molecule has 1 aliphatic carbocycles. The number of amides is 1. The van der Waals surface area contributed by atoms with Crippen LogP contribution in [0.15, 0.2) is 28.9 Å². The van der Waals surface area contributed by atoms with Crippen molar-refractivity contribution in [2.45, 2.75) is 44.1 Å². The summed E-state index contributed by atoms with van der Waals surface area (Å²) in [5, 5.41) is 17.0. The highest BCUT2D eigenvalue weighted by atomic mass is 35.5. The summed E-state index contributed by atoms with van der Waals surface area (Å²) in [7, 11) is 1.67. The van der Waals surface area contributed by atoms with Gasteiger partial charge in [-0.3, -0.25) is 4.79 Å². The van der Waals surface area contributed by atoms with E-state index in [0.29, 0.717) is 17.2 Å². The number of carbonyl (C=O) groups is 1. The van der Waals surface area contributed by atoms with Crippen LogP contribution in [0.1, 0.15) is 54.6 Å². The van der Waals surface area contributed by atoms with E-state index in [1.807, 2.05) is 6.07 Å². The second kappa shape index (κ2) is 7.06. The van der Waals surface area contributed by atoms with Crippen LogP contribution in [0.2, 0.25) is 5.02 Å². The second-order valence-corrected chi connectivity index (χ2v) is 8.05. The molecule has 1 aromatic carbocycles. The zero-order valence-electron chi connectivity index (χ0n) is 15.9. The van der Waals surface area contributed by atoms with Gasteiger partial charge < -0.3 is 20.0 Å². The quantitative estimate of drug-likeness (QED) is 0.781. The van der Waals surface area contributed by atoms with Gasteiger partial charge in [0.1, 0.15) is 5.58 Å². The van der Waals surface area contributed by atoms with Gasteiger partial charge in [-0.25, -0.2) is 0 Å². The van der Waals surface area contributed by atoms with Crippen LogP contribution in [0.4, 0.5) is 5.69 Å². The number of anilines is 1. The van der Waals surface area contributed by atoms with Gasteiger partial charge in [-0.2, -0.15) is 5.26 Å². The third-order valence-electron chi connectivity index (χ3n) is 5.73. The van der Waals surface area contributed by atoms with Crippen LogP contribution < -0.4 is 10.6 Å². The van der Waals surface area contributed by atoms with Crippen molar-refractivity contribution in [1.82, 2.24) is 10.2 Å². The van der Waals surface area contributed by atoms with Crippen LogP contribution in [-0.4, -0.2) is 24.4 Å². The van der Waals surface area contributed by atoms with E-state index in [1.54, 1.807) is 13.1 Å². The highest BCUT2D eigenvalue weighted by Crippen LogP contribution is 2.49. The van der Waals surface area contributed by atoms with Crippen molar-refractivity contribution >= 4 is 34.2 Å². The molecule has 2 heterocycles. The molecule has 2 aromatic rings. The van der Waals surface area contributed by atoms with Crippen LogP contribution in [0.25, 0.3) is 11.0 Å². The Labute approximate surface area is 169 Å². The van der Waals surface area contributed by atoms with Gasteiger partial charge in [0, 0.05) is 24.5 Å². The predicted molar refractivity (Wildman–Crippen MR) is 109 cm³/mol. The Kier molecular flexibility index (Phi) is 4.72. The van der Waals surface area contributed by atoms with Crippen LogP contribution in [0.5, 0.6) is 0 Å². The molecule has 2 aliphatic rings. The van der Waals surface area contributed by atoms with Crippen molar-refractivity contribution in [1.29, 1.82) is 5.26 Å². The summed E-state index contributed by atoms with van der Waals surface area (Å²) in [6.45, 7) is 4.43. The van der Waals surface area contributed by atoms with Crippen LogP contribution in [0, 0.1) is 11.3 Å². The monoisotopic (exact) mass is 398 g/mol. The molecule has 0 saturated heterocycles. The van der Waals surface area contributed by atoms with E-state index in [2.05, 4.69) is 23.3 Å². The Bertz CT molecular complexity index is 998. The molecule has 28 heavy (non-hydrogen) atoms. The van der Waals surface area contributed by atoms with E-state index in [9.17, 15) is 4.79 Å². The largest absolute Gasteiger partial charge is 0.450 e. The smallest absolute Gasteiger partial charge is 0.289 e. The molecule has 1 aromatic heterocycles. The normalized spacial score (nSPS) is 17.5. The van der Waals surface area contributed by atoms with Crippen molar-refractivity contribution in [3.8, 4) is 6.07 Å². The van der Waals surface area contributed by atoms with Gasteiger partial charge >= 0.3 is 0 Å². The maximum atomic E-state index is 12.7. The van der Waals surface area contributed by atoms with Crippen molar-refractivity contribution in [3.05, 3.63) is 40.9 Å². The van der Waals surface area contributed by atoms with Crippen molar-refractivity contribution in [2.24, 2.45) is 0 Å². The Balaban J connectivity index is 1.84. The predicted octanol–water partition coefficient (Wildman–Crippen LogP) is 4.72. The zero-order chi connectivity index (χ0) is 19.9. The van der Waals surface area contributed by atoms with Gasteiger partial charge in [0.2, 0.25) is 0 Å². The lowest BCUT2D eigenvalue weighted by atomic mass is 9.74. The van der Waals surface area contributed by atoms with Crippen LogP contribution >= 0.6 is 11.6 Å². The van der Waals surface area contributed by atoms with E-state index in [0.717, 1.165) is 48.1 Å². The van der Waals surface area contributed by atoms with Gasteiger partial charge in [-0.1, -0.05) is 37.4 Å². The number of hydrogen-bond donors (Lipinski definition) is 2. The fourth-order valence-electron chi connectivity index (χ4n) is 4.40. The van der Waals surface area contributed by atoms with E-state index >= 15 is 0 Å². The molecule has 1 amide bonds. The molecule has 0 bridgehead atoms. The van der Waals surface area contributed by atoms with Crippen LogP contribution in [-0.2, 0) is 5.54 Å². The Morgan fingerprint density at radius 3 is 2.86 bits per heavy atom. The van der Waals surface area contributed by atoms with E-state index < -0.39 is 0 Å². The number of hydrogen-bond acceptors (Lipinski definition) is 5. The van der Waals surface area contributed by atoms with Gasteiger partial charge in [0.05, 0.1) is 34.6 Å². The summed E-state index contributed by atoms with van der Waals surface area (Å²) >= 11 is 6.60. The minimum atomic E-state index is -0.288. The molecule has 1 aliphatic heterocycles. The number of furan rings is 1. The Morgan fingerprint density at radius 2 is 2.14 bits per heavy atom. The minimum Gasteiger partial charge on any atom is -0.450 e. The number of fused-ring (bicyclic) bond motifs is 4. The molecule has 0 radical (unpaired) electrons. The first-order valence-electron chi connectivity index (χ1n) is 9.58. The maximum Gasteiger partial charge on any atom is 0.289 e. The van der Waals surface area contributed by atoms with Gasteiger partial charge in [-0.15, -0.1) is 0 Å². The second-order valence-electron chi connectivity index (χ2n) is 7.64. The topological polar surface area (TPSA) is 81.3 Å². The number of rotatable bonds is 3. The average molecular weight is 399 g/mol. The third-order valence-corrected chi connectivity index (χ3v) is 6.03. The molecular weight excluding hydrogens is 376 g/mol. The minimum absolute atomic E-state index is 0.241. The number of nitriles is 1. The van der Waals surface area contributed by atoms with Crippen molar-refractivity contribution < 1.29 is 9.21 Å². The number of benzene rings is 1. The third kappa shape index (κ3) is 3.00. The molecule has 1 saturated carbocycles. The van der Waals surface area contributed by atoms with Gasteiger partial charge in [0.25, 0.3) is 5.91 Å². The number of nitrogens with one attached hydrogen (secondary N) is 2. The fraction of sp³-hybridized carbons (Fsp3) is 0.429. The molecular formula is C21H23ClN4O2. The SMILES string of the molecule is C=C1Nc2c(Cl)cc3cc(C(=O)N(C)CCC#N)oc3c2C2(CCCCC2)N1. The highest BCUT2D eigenvalue weighted by Gasteiger charge is 2.42. The molecule has 146 valence electrons. The molecule has 0 unspecified atom stereocenters.